The van der Waals surface area contributed by atoms with Gasteiger partial charge in [0.05, 0.1) is 6.61 Å². The second kappa shape index (κ2) is 5.03. The van der Waals surface area contributed by atoms with Crippen LogP contribution in [0.15, 0.2) is 42.5 Å². The van der Waals surface area contributed by atoms with Crippen LogP contribution >= 0.6 is 0 Å². The molecule has 0 radical (unpaired) electrons. The van der Waals surface area contributed by atoms with Crippen LogP contribution in [0.3, 0.4) is 0 Å². The third-order valence-electron chi connectivity index (χ3n) is 3.56. The SMILES string of the molecule is OCCc1ccc2c3ccccc3n(CCO)c2c1. The molecule has 2 N–H and O–H groups in total. The lowest BCUT2D eigenvalue weighted by molar-refractivity contribution is 0.280. The fourth-order valence-electron chi connectivity index (χ4n) is 2.72. The molecule has 2 aromatic carbocycles. The van der Waals surface area contributed by atoms with Crippen LogP contribution < -0.4 is 0 Å². The Morgan fingerprint density at radius 2 is 1.63 bits per heavy atom. The van der Waals surface area contributed by atoms with Crippen LogP contribution in [0, 0.1) is 0 Å². The molecule has 0 fully saturated rings. The molecule has 0 bridgehead atoms. The predicted octanol–water partition coefficient (Wildman–Crippen LogP) is 2.32. The van der Waals surface area contributed by atoms with E-state index in [1.807, 2.05) is 12.1 Å². The fraction of sp³-hybridized carbons (Fsp3) is 0.250. The quantitative estimate of drug-likeness (QED) is 0.751. The van der Waals surface area contributed by atoms with Gasteiger partial charge in [0.2, 0.25) is 0 Å². The van der Waals surface area contributed by atoms with Gasteiger partial charge in [-0.2, -0.15) is 0 Å². The van der Waals surface area contributed by atoms with Crippen molar-refractivity contribution in [3.05, 3.63) is 48.0 Å². The van der Waals surface area contributed by atoms with Gasteiger partial charge >= 0.3 is 0 Å². The van der Waals surface area contributed by atoms with Crippen LogP contribution in [0.4, 0.5) is 0 Å². The first-order valence-electron chi connectivity index (χ1n) is 6.56. The fourth-order valence-corrected chi connectivity index (χ4v) is 2.72. The summed E-state index contributed by atoms with van der Waals surface area (Å²) < 4.78 is 2.14. The van der Waals surface area contributed by atoms with Gasteiger partial charge < -0.3 is 14.8 Å². The highest BCUT2D eigenvalue weighted by molar-refractivity contribution is 6.08. The highest BCUT2D eigenvalue weighted by Crippen LogP contribution is 2.29. The lowest BCUT2D eigenvalue weighted by atomic mass is 10.1. The zero-order chi connectivity index (χ0) is 13.2. The molecule has 1 heterocycles. The third kappa shape index (κ3) is 2.01. The maximum Gasteiger partial charge on any atom is 0.0610 e. The Morgan fingerprint density at radius 1 is 0.842 bits per heavy atom. The van der Waals surface area contributed by atoms with Gasteiger partial charge in [-0.1, -0.05) is 30.3 Å². The predicted molar refractivity (Wildman–Crippen MR) is 77.3 cm³/mol. The zero-order valence-corrected chi connectivity index (χ0v) is 10.7. The Morgan fingerprint density at radius 3 is 2.42 bits per heavy atom. The second-order valence-electron chi connectivity index (χ2n) is 4.72. The van der Waals surface area contributed by atoms with Gasteiger partial charge in [-0.15, -0.1) is 0 Å². The highest BCUT2D eigenvalue weighted by atomic mass is 16.3. The Labute approximate surface area is 111 Å². The Balaban J connectivity index is 2.32. The molecule has 0 aliphatic rings. The molecule has 3 heteroatoms. The molecule has 0 saturated carbocycles. The number of aliphatic hydroxyl groups excluding tert-OH is 2. The Kier molecular flexibility index (Phi) is 3.23. The second-order valence-corrected chi connectivity index (χ2v) is 4.72. The normalized spacial score (nSPS) is 11.5. The first-order chi connectivity index (χ1) is 9.35. The molecular weight excluding hydrogens is 238 g/mol. The maximum absolute atomic E-state index is 9.27. The van der Waals surface area contributed by atoms with Crippen molar-refractivity contribution in [2.45, 2.75) is 13.0 Å². The van der Waals surface area contributed by atoms with E-state index < -0.39 is 0 Å². The van der Waals surface area contributed by atoms with Gasteiger partial charge in [0.1, 0.15) is 0 Å². The number of aliphatic hydroxyl groups is 2. The summed E-state index contributed by atoms with van der Waals surface area (Å²) in [6, 6.07) is 14.5. The molecule has 3 nitrogen and oxygen atoms in total. The third-order valence-corrected chi connectivity index (χ3v) is 3.56. The summed E-state index contributed by atoms with van der Waals surface area (Å²) in [7, 11) is 0. The smallest absolute Gasteiger partial charge is 0.0610 e. The molecule has 1 aromatic heterocycles. The van der Waals surface area contributed by atoms with Crippen molar-refractivity contribution in [2.75, 3.05) is 13.2 Å². The molecule has 0 spiro atoms. The van der Waals surface area contributed by atoms with E-state index in [2.05, 4.69) is 34.9 Å². The van der Waals surface area contributed by atoms with Gasteiger partial charge in [0, 0.05) is 35.0 Å². The monoisotopic (exact) mass is 255 g/mol. The summed E-state index contributed by atoms with van der Waals surface area (Å²) in [6.45, 7) is 0.871. The number of para-hydroxylation sites is 1. The molecule has 3 rings (SSSR count). The van der Waals surface area contributed by atoms with E-state index in [9.17, 15) is 5.11 Å². The van der Waals surface area contributed by atoms with Crippen LogP contribution in [0.1, 0.15) is 5.56 Å². The van der Waals surface area contributed by atoms with E-state index in [4.69, 9.17) is 5.11 Å². The van der Waals surface area contributed by atoms with E-state index in [1.165, 1.54) is 10.8 Å². The Bertz CT molecular complexity index is 715. The maximum atomic E-state index is 9.27. The minimum Gasteiger partial charge on any atom is -0.396 e. The molecule has 98 valence electrons. The number of fused-ring (bicyclic) bond motifs is 3. The minimum atomic E-state index is 0.123. The first kappa shape index (κ1) is 12.2. The van der Waals surface area contributed by atoms with Crippen molar-refractivity contribution >= 4 is 21.8 Å². The summed E-state index contributed by atoms with van der Waals surface area (Å²) in [4.78, 5) is 0. The topological polar surface area (TPSA) is 45.4 Å². The molecule has 0 aliphatic carbocycles. The zero-order valence-electron chi connectivity index (χ0n) is 10.7. The van der Waals surface area contributed by atoms with Crippen molar-refractivity contribution < 1.29 is 10.2 Å². The van der Waals surface area contributed by atoms with Crippen LogP contribution in [-0.2, 0) is 13.0 Å². The van der Waals surface area contributed by atoms with Crippen LogP contribution in [0.25, 0.3) is 21.8 Å². The molecule has 0 amide bonds. The van der Waals surface area contributed by atoms with Gasteiger partial charge in [0.25, 0.3) is 0 Å². The van der Waals surface area contributed by atoms with E-state index in [0.29, 0.717) is 13.0 Å². The van der Waals surface area contributed by atoms with E-state index in [0.717, 1.165) is 16.6 Å². The van der Waals surface area contributed by atoms with Crippen molar-refractivity contribution in [1.29, 1.82) is 0 Å². The van der Waals surface area contributed by atoms with Crippen molar-refractivity contribution in [2.24, 2.45) is 0 Å². The average molecular weight is 255 g/mol. The summed E-state index contributed by atoms with van der Waals surface area (Å²) in [6.07, 6.45) is 0.663. The summed E-state index contributed by atoms with van der Waals surface area (Å²) >= 11 is 0. The number of benzene rings is 2. The molecule has 0 aliphatic heterocycles. The van der Waals surface area contributed by atoms with E-state index in [-0.39, 0.29) is 13.2 Å². The Hall–Kier alpha value is -1.84. The largest absolute Gasteiger partial charge is 0.396 e. The van der Waals surface area contributed by atoms with Crippen LogP contribution in [-0.4, -0.2) is 28.0 Å². The van der Waals surface area contributed by atoms with E-state index >= 15 is 0 Å². The number of nitrogens with zero attached hydrogens (tertiary/aromatic N) is 1. The van der Waals surface area contributed by atoms with Crippen molar-refractivity contribution in [3.63, 3.8) is 0 Å². The molecule has 0 saturated heterocycles. The number of hydrogen-bond acceptors (Lipinski definition) is 2. The summed E-state index contributed by atoms with van der Waals surface area (Å²) in [5.74, 6) is 0. The van der Waals surface area contributed by atoms with Crippen LogP contribution in [0.2, 0.25) is 0 Å². The molecule has 0 unspecified atom stereocenters. The minimum absolute atomic E-state index is 0.123. The standard InChI is InChI=1S/C16H17NO2/c18-9-7-12-5-6-14-13-3-1-2-4-15(13)17(8-10-19)16(14)11-12/h1-6,11,18-19H,7-10H2. The first-order valence-corrected chi connectivity index (χ1v) is 6.56. The molecule has 3 aromatic rings. The summed E-state index contributed by atoms with van der Waals surface area (Å²) in [5.41, 5.74) is 3.39. The average Bonchev–Trinajstić information content (AvgIpc) is 2.74. The van der Waals surface area contributed by atoms with Crippen molar-refractivity contribution in [1.82, 2.24) is 4.57 Å². The number of aromatic nitrogens is 1. The molecule has 19 heavy (non-hydrogen) atoms. The molecule has 0 atom stereocenters. The van der Waals surface area contributed by atoms with Gasteiger partial charge in [-0.25, -0.2) is 0 Å². The van der Waals surface area contributed by atoms with Gasteiger partial charge in [-0.05, 0) is 24.1 Å². The highest BCUT2D eigenvalue weighted by Gasteiger charge is 2.10. The number of rotatable bonds is 4. The lowest BCUT2D eigenvalue weighted by Gasteiger charge is -2.06. The van der Waals surface area contributed by atoms with E-state index in [1.54, 1.807) is 0 Å². The van der Waals surface area contributed by atoms with Gasteiger partial charge in [0.15, 0.2) is 0 Å². The van der Waals surface area contributed by atoms with Crippen molar-refractivity contribution in [3.8, 4) is 0 Å². The molecular formula is C16H17NO2. The lowest BCUT2D eigenvalue weighted by Crippen LogP contribution is -2.01. The number of hydrogen-bond donors (Lipinski definition) is 2. The van der Waals surface area contributed by atoms with Gasteiger partial charge in [-0.3, -0.25) is 0 Å². The summed E-state index contributed by atoms with van der Waals surface area (Å²) in [5, 5.41) is 20.7. The van der Waals surface area contributed by atoms with Crippen LogP contribution in [0.5, 0.6) is 0 Å².